The van der Waals surface area contributed by atoms with E-state index in [-0.39, 0.29) is 4.90 Å². The highest BCUT2D eigenvalue weighted by Gasteiger charge is 2.12. The molecule has 0 aromatic heterocycles. The van der Waals surface area contributed by atoms with Crippen LogP contribution < -0.4 is 9.46 Å². The van der Waals surface area contributed by atoms with Crippen molar-refractivity contribution in [2.75, 3.05) is 26.4 Å². The Kier molecular flexibility index (Phi) is 6.83. The first-order chi connectivity index (χ1) is 9.10. The molecule has 0 fully saturated rings. The van der Waals surface area contributed by atoms with E-state index in [0.29, 0.717) is 38.5 Å². The Hall–Kier alpha value is -1.11. The summed E-state index contributed by atoms with van der Waals surface area (Å²) in [6.07, 6.45) is 0.657. The summed E-state index contributed by atoms with van der Waals surface area (Å²) in [7, 11) is -3.44. The highest BCUT2D eigenvalue weighted by molar-refractivity contribution is 7.89. The van der Waals surface area contributed by atoms with Crippen LogP contribution in [0.4, 0.5) is 0 Å². The summed E-state index contributed by atoms with van der Waals surface area (Å²) < 4.78 is 36.8. The molecule has 0 saturated heterocycles. The molecule has 0 aliphatic rings. The van der Waals surface area contributed by atoms with Gasteiger partial charge in [0.05, 0.1) is 11.5 Å². The average Bonchev–Trinajstić information content (AvgIpc) is 2.39. The summed E-state index contributed by atoms with van der Waals surface area (Å²) in [5.74, 6) is 0.665. The maximum atomic E-state index is 11.9. The van der Waals surface area contributed by atoms with Gasteiger partial charge in [-0.1, -0.05) is 0 Å². The Balaban J connectivity index is 2.52. The van der Waals surface area contributed by atoms with Crippen molar-refractivity contribution in [1.29, 1.82) is 0 Å². The molecule has 0 amide bonds. The molecule has 1 aromatic rings. The van der Waals surface area contributed by atoms with Gasteiger partial charge in [-0.25, -0.2) is 13.1 Å². The van der Waals surface area contributed by atoms with Gasteiger partial charge in [0.1, 0.15) is 5.75 Å². The molecule has 0 aliphatic heterocycles. The number of nitrogens with one attached hydrogen (secondary N) is 1. The maximum absolute atomic E-state index is 11.9. The molecule has 0 spiro atoms. The summed E-state index contributed by atoms with van der Waals surface area (Å²) in [5.41, 5.74) is 0. The monoisotopic (exact) mass is 287 g/mol. The highest BCUT2D eigenvalue weighted by Crippen LogP contribution is 2.15. The van der Waals surface area contributed by atoms with Crippen molar-refractivity contribution in [2.45, 2.75) is 25.2 Å². The maximum Gasteiger partial charge on any atom is 0.240 e. The Morgan fingerprint density at radius 1 is 1.11 bits per heavy atom. The second kappa shape index (κ2) is 8.14. The smallest absolute Gasteiger partial charge is 0.240 e. The van der Waals surface area contributed by atoms with Crippen LogP contribution in [0.5, 0.6) is 5.75 Å². The second-order valence-electron chi connectivity index (χ2n) is 3.85. The third kappa shape index (κ3) is 5.59. The minimum absolute atomic E-state index is 0.243. The van der Waals surface area contributed by atoms with Crippen LogP contribution in [0.25, 0.3) is 0 Å². The number of hydrogen-bond donors (Lipinski definition) is 1. The van der Waals surface area contributed by atoms with Gasteiger partial charge in [0.25, 0.3) is 0 Å². The number of hydrogen-bond acceptors (Lipinski definition) is 4. The molecular weight excluding hydrogens is 266 g/mol. The van der Waals surface area contributed by atoms with E-state index >= 15 is 0 Å². The Labute approximate surface area is 115 Å². The minimum atomic E-state index is -3.44. The lowest BCUT2D eigenvalue weighted by Gasteiger charge is -2.08. The van der Waals surface area contributed by atoms with Crippen molar-refractivity contribution in [3.8, 4) is 5.75 Å². The zero-order valence-corrected chi connectivity index (χ0v) is 12.2. The Morgan fingerprint density at radius 2 is 1.79 bits per heavy atom. The molecule has 1 aromatic carbocycles. The van der Waals surface area contributed by atoms with E-state index in [2.05, 4.69) is 4.72 Å². The van der Waals surface area contributed by atoms with Gasteiger partial charge < -0.3 is 9.47 Å². The zero-order chi connectivity index (χ0) is 14.1. The number of ether oxygens (including phenoxy) is 2. The van der Waals surface area contributed by atoms with Gasteiger partial charge in [-0.15, -0.1) is 0 Å². The van der Waals surface area contributed by atoms with Crippen LogP contribution in [0.15, 0.2) is 29.2 Å². The number of rotatable bonds is 9. The standard InChI is InChI=1S/C13H21NO4S/c1-3-17-11-5-10-14-19(15,16)13-8-6-12(7-9-13)18-4-2/h6-9,14H,3-5,10-11H2,1-2H3. The van der Waals surface area contributed by atoms with Gasteiger partial charge in [0.2, 0.25) is 10.0 Å². The van der Waals surface area contributed by atoms with Crippen molar-refractivity contribution in [3.63, 3.8) is 0 Å². The molecule has 108 valence electrons. The van der Waals surface area contributed by atoms with Gasteiger partial charge in [0, 0.05) is 19.8 Å². The summed E-state index contributed by atoms with van der Waals surface area (Å²) in [5, 5.41) is 0. The predicted molar refractivity (Wildman–Crippen MR) is 73.9 cm³/mol. The Bertz CT molecular complexity index is 456. The number of benzene rings is 1. The van der Waals surface area contributed by atoms with Crippen molar-refractivity contribution in [2.24, 2.45) is 0 Å². The van der Waals surface area contributed by atoms with Gasteiger partial charge in [-0.2, -0.15) is 0 Å². The molecule has 1 N–H and O–H groups in total. The molecule has 6 heteroatoms. The van der Waals surface area contributed by atoms with Gasteiger partial charge in [-0.3, -0.25) is 0 Å². The first-order valence-electron chi connectivity index (χ1n) is 6.40. The molecule has 0 heterocycles. The molecule has 0 bridgehead atoms. The summed E-state index contributed by atoms with van der Waals surface area (Å²) in [6, 6.07) is 6.38. The normalized spacial score (nSPS) is 11.5. The van der Waals surface area contributed by atoms with Gasteiger partial charge >= 0.3 is 0 Å². The molecule has 0 atom stereocenters. The van der Waals surface area contributed by atoms with Crippen molar-refractivity contribution < 1.29 is 17.9 Å². The largest absolute Gasteiger partial charge is 0.494 e. The molecule has 0 aliphatic carbocycles. The van der Waals surface area contributed by atoms with E-state index < -0.39 is 10.0 Å². The van der Waals surface area contributed by atoms with Crippen LogP contribution in [0.1, 0.15) is 20.3 Å². The van der Waals surface area contributed by atoms with E-state index in [1.54, 1.807) is 12.1 Å². The average molecular weight is 287 g/mol. The van der Waals surface area contributed by atoms with Crippen molar-refractivity contribution in [1.82, 2.24) is 4.72 Å². The predicted octanol–water partition coefficient (Wildman–Crippen LogP) is 1.79. The lowest BCUT2D eigenvalue weighted by Crippen LogP contribution is -2.25. The first-order valence-corrected chi connectivity index (χ1v) is 7.88. The lowest BCUT2D eigenvalue weighted by atomic mass is 10.3. The minimum Gasteiger partial charge on any atom is -0.494 e. The highest BCUT2D eigenvalue weighted by atomic mass is 32.2. The molecule has 0 radical (unpaired) electrons. The third-order valence-electron chi connectivity index (χ3n) is 2.41. The van der Waals surface area contributed by atoms with E-state index in [1.807, 2.05) is 13.8 Å². The van der Waals surface area contributed by atoms with Crippen LogP contribution >= 0.6 is 0 Å². The van der Waals surface area contributed by atoms with Crippen LogP contribution in [0.3, 0.4) is 0 Å². The first kappa shape index (κ1) is 15.9. The van der Waals surface area contributed by atoms with Gasteiger partial charge in [-0.05, 0) is 44.5 Å². The van der Waals surface area contributed by atoms with Gasteiger partial charge in [0.15, 0.2) is 0 Å². The van der Waals surface area contributed by atoms with E-state index in [1.165, 1.54) is 12.1 Å². The second-order valence-corrected chi connectivity index (χ2v) is 5.62. The van der Waals surface area contributed by atoms with Crippen LogP contribution in [-0.4, -0.2) is 34.8 Å². The fourth-order valence-corrected chi connectivity index (χ4v) is 2.56. The van der Waals surface area contributed by atoms with E-state index in [9.17, 15) is 8.42 Å². The topological polar surface area (TPSA) is 64.6 Å². The van der Waals surface area contributed by atoms with Crippen LogP contribution in [-0.2, 0) is 14.8 Å². The van der Waals surface area contributed by atoms with E-state index in [0.717, 1.165) is 0 Å². The lowest BCUT2D eigenvalue weighted by molar-refractivity contribution is 0.146. The van der Waals surface area contributed by atoms with E-state index in [4.69, 9.17) is 9.47 Å². The Morgan fingerprint density at radius 3 is 2.37 bits per heavy atom. The fourth-order valence-electron chi connectivity index (χ4n) is 1.49. The molecule has 19 heavy (non-hydrogen) atoms. The SMILES string of the molecule is CCOCCCNS(=O)(=O)c1ccc(OCC)cc1. The summed E-state index contributed by atoms with van der Waals surface area (Å²) >= 11 is 0. The van der Waals surface area contributed by atoms with Crippen molar-refractivity contribution in [3.05, 3.63) is 24.3 Å². The third-order valence-corrected chi connectivity index (χ3v) is 3.88. The summed E-state index contributed by atoms with van der Waals surface area (Å²) in [6.45, 7) is 5.92. The molecule has 1 rings (SSSR count). The molecular formula is C13H21NO4S. The number of sulfonamides is 1. The molecule has 0 saturated carbocycles. The zero-order valence-electron chi connectivity index (χ0n) is 11.4. The van der Waals surface area contributed by atoms with Crippen LogP contribution in [0, 0.1) is 0 Å². The molecule has 5 nitrogen and oxygen atoms in total. The fraction of sp³-hybridized carbons (Fsp3) is 0.538. The molecule has 0 unspecified atom stereocenters. The van der Waals surface area contributed by atoms with Crippen molar-refractivity contribution >= 4 is 10.0 Å². The summed E-state index contributed by atoms with van der Waals surface area (Å²) in [4.78, 5) is 0.243. The quantitative estimate of drug-likeness (QED) is 0.703. The van der Waals surface area contributed by atoms with Crippen LogP contribution in [0.2, 0.25) is 0 Å².